The van der Waals surface area contributed by atoms with Gasteiger partial charge in [0.15, 0.2) is 5.78 Å². The van der Waals surface area contributed by atoms with E-state index in [4.69, 9.17) is 4.74 Å². The van der Waals surface area contributed by atoms with Crippen molar-refractivity contribution in [2.75, 3.05) is 38.2 Å². The van der Waals surface area contributed by atoms with Gasteiger partial charge in [-0.15, -0.1) is 5.92 Å². The van der Waals surface area contributed by atoms with Gasteiger partial charge in [-0.3, -0.25) is 14.2 Å². The summed E-state index contributed by atoms with van der Waals surface area (Å²) in [5.41, 5.74) is 0.894. The predicted molar refractivity (Wildman–Crippen MR) is 120 cm³/mol. The lowest BCUT2D eigenvalue weighted by atomic mass is 9.95. The number of ketones is 1. The van der Waals surface area contributed by atoms with E-state index in [1.165, 1.54) is 10.9 Å². The predicted octanol–water partition coefficient (Wildman–Crippen LogP) is 1.31. The Bertz CT molecular complexity index is 1160. The molecule has 0 amide bonds. The zero-order chi connectivity index (χ0) is 21.8. The van der Waals surface area contributed by atoms with Gasteiger partial charge in [-0.1, -0.05) is 18.1 Å². The molecular weight excluding hydrogens is 394 g/mol. The third-order valence-corrected chi connectivity index (χ3v) is 5.76. The molecule has 0 aromatic carbocycles. The number of allylic oxidation sites excluding steroid dienone is 4. The van der Waals surface area contributed by atoms with Gasteiger partial charge < -0.3 is 19.5 Å². The maximum absolute atomic E-state index is 13.4. The van der Waals surface area contributed by atoms with Crippen LogP contribution in [0.1, 0.15) is 13.3 Å². The van der Waals surface area contributed by atoms with Gasteiger partial charge in [-0.25, -0.2) is 4.98 Å². The van der Waals surface area contributed by atoms with E-state index in [0.717, 1.165) is 37.8 Å². The number of hydrogen-bond acceptors (Lipinski definition) is 6. The third kappa shape index (κ3) is 4.28. The molecule has 1 aliphatic heterocycles. The first-order valence-corrected chi connectivity index (χ1v) is 10.5. The number of carbonyl (C=O) groups is 1. The van der Waals surface area contributed by atoms with E-state index in [1.54, 1.807) is 14.0 Å². The summed E-state index contributed by atoms with van der Waals surface area (Å²) in [7, 11) is 1.60. The molecule has 0 saturated carbocycles. The summed E-state index contributed by atoms with van der Waals surface area (Å²) in [5, 5.41) is 3.35. The molecule has 162 valence electrons. The van der Waals surface area contributed by atoms with Crippen LogP contribution in [0.4, 0.5) is 5.82 Å². The molecule has 31 heavy (non-hydrogen) atoms. The average molecular weight is 422 g/mol. The summed E-state index contributed by atoms with van der Waals surface area (Å²) in [4.78, 5) is 33.0. The normalized spacial score (nSPS) is 18.5. The second-order valence-electron chi connectivity index (χ2n) is 7.66. The highest BCUT2D eigenvalue weighted by atomic mass is 16.5. The van der Waals surface area contributed by atoms with Crippen molar-refractivity contribution in [2.45, 2.75) is 26.4 Å². The molecule has 0 bridgehead atoms. The number of aromatic nitrogens is 3. The van der Waals surface area contributed by atoms with Crippen LogP contribution >= 0.6 is 0 Å². The molecule has 2 aromatic heterocycles. The Morgan fingerprint density at radius 1 is 1.35 bits per heavy atom. The highest BCUT2D eigenvalue weighted by molar-refractivity contribution is 5.84. The SMILES string of the molecule is CC#CCn1c(N2CCNCC2)cc2ncn(CC(=O)C3C=CC=C(OC)C3)c(=O)c21. The van der Waals surface area contributed by atoms with Gasteiger partial charge in [0.1, 0.15) is 11.3 Å². The molecule has 2 aromatic rings. The first-order valence-electron chi connectivity index (χ1n) is 10.5. The fourth-order valence-electron chi connectivity index (χ4n) is 4.06. The Morgan fingerprint density at radius 3 is 2.90 bits per heavy atom. The van der Waals surface area contributed by atoms with Crippen LogP contribution in [0.25, 0.3) is 11.0 Å². The minimum Gasteiger partial charge on any atom is -0.501 e. The topological polar surface area (TPSA) is 81.4 Å². The number of rotatable bonds is 6. The fourth-order valence-corrected chi connectivity index (χ4v) is 4.06. The van der Waals surface area contributed by atoms with Crippen molar-refractivity contribution >= 4 is 22.6 Å². The van der Waals surface area contributed by atoms with Gasteiger partial charge in [-0.2, -0.15) is 0 Å². The Kier molecular flexibility index (Phi) is 6.23. The van der Waals surface area contributed by atoms with Gasteiger partial charge in [0.25, 0.3) is 5.56 Å². The number of hydrogen-bond donors (Lipinski definition) is 1. The molecule has 0 spiro atoms. The second kappa shape index (κ2) is 9.23. The summed E-state index contributed by atoms with van der Waals surface area (Å²) in [6.07, 6.45) is 7.50. The van der Waals surface area contributed by atoms with Crippen LogP contribution in [0.5, 0.6) is 0 Å². The quantitative estimate of drug-likeness (QED) is 0.709. The number of nitrogens with zero attached hydrogens (tertiary/aromatic N) is 4. The van der Waals surface area contributed by atoms with Crippen molar-refractivity contribution in [1.82, 2.24) is 19.4 Å². The summed E-state index contributed by atoms with van der Waals surface area (Å²) >= 11 is 0. The molecule has 0 radical (unpaired) electrons. The standard InChI is InChI=1S/C23H27N5O3/c1-3-4-10-28-21(26-11-8-24-9-12-26)14-19-22(28)23(30)27(16-25-19)15-20(29)17-6-5-7-18(13-17)31-2/h5-7,14,16-17,24H,8-13,15H2,1-2H3. The highest BCUT2D eigenvalue weighted by Gasteiger charge is 2.23. The van der Waals surface area contributed by atoms with Crippen LogP contribution in [0.15, 0.2) is 41.2 Å². The Labute approximate surface area is 181 Å². The van der Waals surface area contributed by atoms with Crippen molar-refractivity contribution in [3.8, 4) is 11.8 Å². The Morgan fingerprint density at radius 2 is 2.16 bits per heavy atom. The maximum Gasteiger partial charge on any atom is 0.278 e. The number of nitrogens with one attached hydrogen (secondary N) is 1. The van der Waals surface area contributed by atoms with E-state index >= 15 is 0 Å². The number of anilines is 1. The summed E-state index contributed by atoms with van der Waals surface area (Å²) in [5.74, 6) is 7.33. The number of methoxy groups -OCH3 is 1. The first kappa shape index (κ1) is 20.9. The molecule has 8 heteroatoms. The van der Waals surface area contributed by atoms with Crippen LogP contribution in [0.3, 0.4) is 0 Å². The van der Waals surface area contributed by atoms with Crippen molar-refractivity contribution < 1.29 is 9.53 Å². The molecule has 1 atom stereocenters. The number of carbonyl (C=O) groups excluding carboxylic acids is 1. The first-order chi connectivity index (χ1) is 15.1. The van der Waals surface area contributed by atoms with Crippen molar-refractivity contribution in [1.29, 1.82) is 0 Å². The molecule has 8 nitrogen and oxygen atoms in total. The Balaban J connectivity index is 1.68. The second-order valence-corrected chi connectivity index (χ2v) is 7.66. The van der Waals surface area contributed by atoms with Crippen molar-refractivity contribution in [3.63, 3.8) is 0 Å². The average Bonchev–Trinajstić information content (AvgIpc) is 3.19. The number of ether oxygens (including phenoxy) is 1. The van der Waals surface area contributed by atoms with E-state index in [-0.39, 0.29) is 23.8 Å². The van der Waals surface area contributed by atoms with E-state index in [1.807, 2.05) is 28.9 Å². The zero-order valence-corrected chi connectivity index (χ0v) is 17.9. The van der Waals surface area contributed by atoms with Gasteiger partial charge in [-0.05, 0) is 13.0 Å². The van der Waals surface area contributed by atoms with E-state index in [9.17, 15) is 9.59 Å². The molecule has 4 rings (SSSR count). The molecule has 3 heterocycles. The number of Topliss-reactive ketones (excluding diaryl/α,β-unsaturated/α-hetero) is 1. The van der Waals surface area contributed by atoms with Crippen LogP contribution in [-0.2, 0) is 22.6 Å². The molecule has 1 saturated heterocycles. The van der Waals surface area contributed by atoms with Crippen LogP contribution in [0, 0.1) is 17.8 Å². The third-order valence-electron chi connectivity index (χ3n) is 5.76. The maximum atomic E-state index is 13.4. The van der Waals surface area contributed by atoms with E-state index < -0.39 is 0 Å². The fraction of sp³-hybridized carbons (Fsp3) is 0.435. The summed E-state index contributed by atoms with van der Waals surface area (Å²) < 4.78 is 8.60. The molecule has 2 aliphatic rings. The molecule has 1 unspecified atom stereocenters. The number of fused-ring (bicyclic) bond motifs is 1. The summed E-state index contributed by atoms with van der Waals surface area (Å²) in [6, 6.07) is 1.95. The lowest BCUT2D eigenvalue weighted by Gasteiger charge is -2.29. The molecule has 1 aliphatic carbocycles. The smallest absolute Gasteiger partial charge is 0.278 e. The number of piperazine rings is 1. The lowest BCUT2D eigenvalue weighted by molar-refractivity contribution is -0.122. The Hall–Kier alpha value is -3.31. The van der Waals surface area contributed by atoms with Crippen LogP contribution in [-0.4, -0.2) is 53.2 Å². The summed E-state index contributed by atoms with van der Waals surface area (Å²) in [6.45, 7) is 5.65. The highest BCUT2D eigenvalue weighted by Crippen LogP contribution is 2.24. The van der Waals surface area contributed by atoms with Crippen LogP contribution in [0.2, 0.25) is 0 Å². The van der Waals surface area contributed by atoms with Gasteiger partial charge >= 0.3 is 0 Å². The van der Waals surface area contributed by atoms with Gasteiger partial charge in [0, 0.05) is 44.6 Å². The van der Waals surface area contributed by atoms with Gasteiger partial charge in [0.05, 0.1) is 37.8 Å². The van der Waals surface area contributed by atoms with E-state index in [2.05, 4.69) is 27.0 Å². The zero-order valence-electron chi connectivity index (χ0n) is 17.9. The molecule has 1 fully saturated rings. The minimum atomic E-state index is -0.309. The molecule has 1 N–H and O–H groups in total. The van der Waals surface area contributed by atoms with Gasteiger partial charge in [0.2, 0.25) is 0 Å². The van der Waals surface area contributed by atoms with Crippen molar-refractivity contribution in [3.05, 3.63) is 46.7 Å². The minimum absolute atomic E-state index is 0.0264. The van der Waals surface area contributed by atoms with Crippen LogP contribution < -0.4 is 15.8 Å². The lowest BCUT2D eigenvalue weighted by Crippen LogP contribution is -2.44. The van der Waals surface area contributed by atoms with Crippen molar-refractivity contribution in [2.24, 2.45) is 5.92 Å². The monoisotopic (exact) mass is 421 g/mol. The molecular formula is C23H27N5O3. The largest absolute Gasteiger partial charge is 0.501 e. The van der Waals surface area contributed by atoms with E-state index in [0.29, 0.717) is 24.0 Å².